The summed E-state index contributed by atoms with van der Waals surface area (Å²) in [5, 5.41) is -0.121. The summed E-state index contributed by atoms with van der Waals surface area (Å²) in [6.45, 7) is 1.87. The fourth-order valence-electron chi connectivity index (χ4n) is 2.32. The maximum absolute atomic E-state index is 12.8. The van der Waals surface area contributed by atoms with Gasteiger partial charge in [-0.25, -0.2) is 8.42 Å². The summed E-state index contributed by atoms with van der Waals surface area (Å²) in [7, 11) is -3.77. The summed E-state index contributed by atoms with van der Waals surface area (Å²) in [6, 6.07) is 15.6. The van der Waals surface area contributed by atoms with E-state index in [2.05, 4.69) is 4.98 Å². The molecule has 0 fully saturated rings. The van der Waals surface area contributed by atoms with E-state index in [4.69, 9.17) is 10.2 Å². The van der Waals surface area contributed by atoms with Crippen molar-refractivity contribution >= 4 is 9.84 Å². The number of oxazole rings is 1. The number of rotatable bonds is 4. The van der Waals surface area contributed by atoms with Gasteiger partial charge in [-0.1, -0.05) is 36.4 Å². The van der Waals surface area contributed by atoms with E-state index in [1.807, 2.05) is 31.2 Å². The van der Waals surface area contributed by atoms with E-state index in [0.717, 1.165) is 11.1 Å². The molecular weight excluding hydrogens is 312 g/mol. The average molecular weight is 328 g/mol. The van der Waals surface area contributed by atoms with Crippen molar-refractivity contribution in [3.63, 3.8) is 0 Å². The first-order valence-electron chi connectivity index (χ1n) is 7.10. The summed E-state index contributed by atoms with van der Waals surface area (Å²) in [5.74, 6) is 0.421. The maximum Gasteiger partial charge on any atom is 0.227 e. The molecule has 2 aromatic carbocycles. The van der Waals surface area contributed by atoms with E-state index in [9.17, 15) is 8.42 Å². The molecule has 3 aromatic rings. The molecule has 1 aromatic heterocycles. The fraction of sp³-hybridized carbons (Fsp3) is 0.118. The molecular formula is C17H16N2O3S. The highest BCUT2D eigenvalue weighted by molar-refractivity contribution is 7.91. The second-order valence-corrected chi connectivity index (χ2v) is 6.95. The fourth-order valence-corrected chi connectivity index (χ4v) is 3.68. The van der Waals surface area contributed by atoms with Gasteiger partial charge in [0.25, 0.3) is 0 Å². The monoisotopic (exact) mass is 328 g/mol. The van der Waals surface area contributed by atoms with E-state index >= 15 is 0 Å². The second-order valence-electron chi connectivity index (χ2n) is 5.08. The van der Waals surface area contributed by atoms with E-state index in [1.165, 1.54) is 12.1 Å². The van der Waals surface area contributed by atoms with Crippen LogP contribution in [0, 0.1) is 6.92 Å². The Kier molecular flexibility index (Phi) is 4.02. The van der Waals surface area contributed by atoms with Gasteiger partial charge >= 0.3 is 0 Å². The Balaban J connectivity index is 2.16. The molecule has 0 aliphatic carbocycles. The number of benzene rings is 2. The van der Waals surface area contributed by atoms with Gasteiger partial charge in [-0.2, -0.15) is 4.98 Å². The molecule has 5 nitrogen and oxygen atoms in total. The van der Waals surface area contributed by atoms with Crippen molar-refractivity contribution < 1.29 is 12.8 Å². The molecule has 118 valence electrons. The minimum Gasteiger partial charge on any atom is -0.438 e. The van der Waals surface area contributed by atoms with Crippen LogP contribution in [-0.4, -0.2) is 13.4 Å². The van der Waals surface area contributed by atoms with Crippen molar-refractivity contribution in [2.24, 2.45) is 5.73 Å². The van der Waals surface area contributed by atoms with Crippen molar-refractivity contribution in [1.82, 2.24) is 4.98 Å². The van der Waals surface area contributed by atoms with Crippen molar-refractivity contribution in [2.75, 3.05) is 0 Å². The molecule has 0 bridgehead atoms. The van der Waals surface area contributed by atoms with Crippen LogP contribution in [0.25, 0.3) is 11.5 Å². The van der Waals surface area contributed by atoms with Crippen LogP contribution in [0.2, 0.25) is 0 Å². The van der Waals surface area contributed by atoms with Crippen molar-refractivity contribution in [2.45, 2.75) is 23.4 Å². The zero-order valence-electron chi connectivity index (χ0n) is 12.6. The van der Waals surface area contributed by atoms with Crippen LogP contribution in [0.15, 0.2) is 68.9 Å². The number of nitrogens with zero attached hydrogens (tertiary/aromatic N) is 1. The van der Waals surface area contributed by atoms with Gasteiger partial charge < -0.3 is 10.2 Å². The summed E-state index contributed by atoms with van der Waals surface area (Å²) in [6.07, 6.45) is 0. The first-order valence-corrected chi connectivity index (χ1v) is 8.58. The van der Waals surface area contributed by atoms with Crippen molar-refractivity contribution in [1.29, 1.82) is 0 Å². The third-order valence-corrected chi connectivity index (χ3v) is 5.25. The van der Waals surface area contributed by atoms with E-state index < -0.39 is 9.84 Å². The van der Waals surface area contributed by atoms with Gasteiger partial charge in [-0.05, 0) is 30.7 Å². The highest BCUT2D eigenvalue weighted by Crippen LogP contribution is 2.29. The third kappa shape index (κ3) is 2.78. The predicted octanol–water partition coefficient (Wildman–Crippen LogP) is 2.94. The van der Waals surface area contributed by atoms with Gasteiger partial charge in [0.1, 0.15) is 0 Å². The lowest BCUT2D eigenvalue weighted by atomic mass is 10.1. The van der Waals surface area contributed by atoms with E-state index in [-0.39, 0.29) is 28.1 Å². The molecule has 0 amide bonds. The Morgan fingerprint density at radius 1 is 1.04 bits per heavy atom. The van der Waals surface area contributed by atoms with Crippen LogP contribution in [0.4, 0.5) is 0 Å². The number of hydrogen-bond donors (Lipinski definition) is 1. The van der Waals surface area contributed by atoms with Crippen LogP contribution in [0.3, 0.4) is 0 Å². The lowest BCUT2D eigenvalue weighted by Crippen LogP contribution is -2.07. The molecule has 0 saturated heterocycles. The number of aromatic nitrogens is 1. The van der Waals surface area contributed by atoms with Crippen LogP contribution >= 0.6 is 0 Å². The van der Waals surface area contributed by atoms with Crippen LogP contribution < -0.4 is 5.73 Å². The highest BCUT2D eigenvalue weighted by atomic mass is 32.2. The molecule has 0 spiro atoms. The largest absolute Gasteiger partial charge is 0.438 e. The summed E-state index contributed by atoms with van der Waals surface area (Å²) in [4.78, 5) is 4.39. The molecule has 2 N–H and O–H groups in total. The molecule has 1 heterocycles. The number of aryl methyl sites for hydroxylation is 1. The quantitative estimate of drug-likeness (QED) is 0.796. The number of nitrogens with two attached hydrogens (primary N) is 1. The molecule has 23 heavy (non-hydrogen) atoms. The van der Waals surface area contributed by atoms with Gasteiger partial charge in [0.15, 0.2) is 5.76 Å². The molecule has 3 rings (SSSR count). The second kappa shape index (κ2) is 5.98. The molecule has 0 unspecified atom stereocenters. The first kappa shape index (κ1) is 15.5. The lowest BCUT2D eigenvalue weighted by Gasteiger charge is -2.01. The number of sulfone groups is 1. The normalized spacial score (nSPS) is 11.6. The van der Waals surface area contributed by atoms with E-state index in [1.54, 1.807) is 18.2 Å². The van der Waals surface area contributed by atoms with Gasteiger partial charge in [0.2, 0.25) is 20.8 Å². The standard InChI is InChI=1S/C17H16N2O3S/c1-12-7-5-6-10-14(12)16-19-17(15(11-18)22-16)23(20,21)13-8-3-2-4-9-13/h2-10H,11,18H2,1H3. The molecule has 6 heteroatoms. The number of hydrogen-bond acceptors (Lipinski definition) is 5. The zero-order chi connectivity index (χ0) is 16.4. The molecule has 0 radical (unpaired) electrons. The topological polar surface area (TPSA) is 86.2 Å². The van der Waals surface area contributed by atoms with Crippen molar-refractivity contribution in [3.8, 4) is 11.5 Å². The van der Waals surface area contributed by atoms with Crippen LogP contribution in [0.5, 0.6) is 0 Å². The van der Waals surface area contributed by atoms with Crippen molar-refractivity contribution in [3.05, 3.63) is 65.9 Å². The Bertz CT molecular complexity index is 931. The average Bonchev–Trinajstić information content (AvgIpc) is 3.01. The first-order chi connectivity index (χ1) is 11.0. The molecule has 0 saturated carbocycles. The van der Waals surface area contributed by atoms with Gasteiger partial charge in [0, 0.05) is 5.56 Å². The minimum absolute atomic E-state index is 0.0414. The predicted molar refractivity (Wildman–Crippen MR) is 86.5 cm³/mol. The zero-order valence-corrected chi connectivity index (χ0v) is 13.4. The van der Waals surface area contributed by atoms with Gasteiger partial charge in [-0.3, -0.25) is 0 Å². The molecule has 0 atom stereocenters. The lowest BCUT2D eigenvalue weighted by molar-refractivity contribution is 0.510. The Morgan fingerprint density at radius 2 is 1.70 bits per heavy atom. The van der Waals surface area contributed by atoms with Gasteiger partial charge in [-0.15, -0.1) is 0 Å². The summed E-state index contributed by atoms with van der Waals surface area (Å²) in [5.41, 5.74) is 7.35. The third-order valence-electron chi connectivity index (χ3n) is 3.53. The Morgan fingerprint density at radius 3 is 2.35 bits per heavy atom. The molecule has 0 aliphatic heterocycles. The summed E-state index contributed by atoms with van der Waals surface area (Å²) < 4.78 is 31.2. The Labute approximate surface area is 134 Å². The van der Waals surface area contributed by atoms with Crippen LogP contribution in [-0.2, 0) is 16.4 Å². The Hall–Kier alpha value is -2.44. The minimum atomic E-state index is -3.77. The maximum atomic E-state index is 12.8. The molecule has 0 aliphatic rings. The SMILES string of the molecule is Cc1ccccc1-c1nc(S(=O)(=O)c2ccccc2)c(CN)o1. The van der Waals surface area contributed by atoms with Gasteiger partial charge in [0.05, 0.1) is 11.4 Å². The van der Waals surface area contributed by atoms with Crippen LogP contribution in [0.1, 0.15) is 11.3 Å². The summed E-state index contributed by atoms with van der Waals surface area (Å²) >= 11 is 0. The van der Waals surface area contributed by atoms with E-state index in [0.29, 0.717) is 0 Å². The smallest absolute Gasteiger partial charge is 0.227 e. The highest BCUT2D eigenvalue weighted by Gasteiger charge is 2.27.